The maximum Gasteiger partial charge on any atom is 0.133 e. The van der Waals surface area contributed by atoms with Gasteiger partial charge in [-0.05, 0) is 58.0 Å². The van der Waals surface area contributed by atoms with E-state index in [0.717, 1.165) is 32.8 Å². The van der Waals surface area contributed by atoms with E-state index in [2.05, 4.69) is 0 Å². The van der Waals surface area contributed by atoms with Gasteiger partial charge in [0.1, 0.15) is 23.0 Å². The van der Waals surface area contributed by atoms with Gasteiger partial charge in [0.2, 0.25) is 0 Å². The highest BCUT2D eigenvalue weighted by Gasteiger charge is 2.11. The van der Waals surface area contributed by atoms with Crippen molar-refractivity contribution in [2.24, 2.45) is 0 Å². The van der Waals surface area contributed by atoms with Gasteiger partial charge < -0.3 is 18.9 Å². The van der Waals surface area contributed by atoms with Crippen LogP contribution in [-0.2, 0) is 0 Å². The third-order valence-electron chi connectivity index (χ3n) is 2.96. The molecule has 0 unspecified atom stereocenters. The quantitative estimate of drug-likeness (QED) is 0.691. The SMILES string of the molecule is COc1ccc(OC)c(SSc2cc(OC)ccc2OC)c1. The zero-order chi connectivity index (χ0) is 15.9. The molecule has 0 heterocycles. The Bertz CT molecular complexity index is 576. The van der Waals surface area contributed by atoms with Crippen molar-refractivity contribution >= 4 is 21.6 Å². The van der Waals surface area contributed by atoms with Gasteiger partial charge in [-0.3, -0.25) is 0 Å². The zero-order valence-electron chi connectivity index (χ0n) is 12.9. The summed E-state index contributed by atoms with van der Waals surface area (Å²) in [7, 11) is 9.76. The van der Waals surface area contributed by atoms with Crippen molar-refractivity contribution in [3.05, 3.63) is 36.4 Å². The molecular weight excluding hydrogens is 320 g/mol. The first kappa shape index (κ1) is 16.7. The van der Waals surface area contributed by atoms with Gasteiger partial charge >= 0.3 is 0 Å². The molecule has 0 amide bonds. The molecule has 0 aromatic heterocycles. The Morgan fingerprint density at radius 1 is 0.591 bits per heavy atom. The lowest BCUT2D eigenvalue weighted by Gasteiger charge is -2.12. The van der Waals surface area contributed by atoms with E-state index in [1.807, 2.05) is 36.4 Å². The van der Waals surface area contributed by atoms with Crippen LogP contribution in [0, 0.1) is 0 Å². The van der Waals surface area contributed by atoms with Crippen LogP contribution in [0.5, 0.6) is 23.0 Å². The summed E-state index contributed by atoms with van der Waals surface area (Å²) in [4.78, 5) is 1.97. The van der Waals surface area contributed by atoms with Crippen molar-refractivity contribution in [1.29, 1.82) is 0 Å². The molecule has 6 heteroatoms. The highest BCUT2D eigenvalue weighted by atomic mass is 33.1. The maximum absolute atomic E-state index is 5.39. The number of ether oxygens (including phenoxy) is 4. The van der Waals surface area contributed by atoms with Gasteiger partial charge in [-0.2, -0.15) is 0 Å². The third-order valence-corrected chi connectivity index (χ3v) is 5.37. The fraction of sp³-hybridized carbons (Fsp3) is 0.250. The predicted octanol–water partition coefficient (Wildman–Crippen LogP) is 4.52. The van der Waals surface area contributed by atoms with Crippen molar-refractivity contribution in [3.63, 3.8) is 0 Å². The predicted molar refractivity (Wildman–Crippen MR) is 90.8 cm³/mol. The van der Waals surface area contributed by atoms with E-state index in [1.165, 1.54) is 0 Å². The lowest BCUT2D eigenvalue weighted by atomic mass is 10.3. The molecule has 0 bridgehead atoms. The Balaban J connectivity index is 2.22. The standard InChI is InChI=1S/C16H18O4S2/c1-17-11-5-7-13(19-3)15(9-11)21-22-16-10-12(18-2)6-8-14(16)20-4/h5-10H,1-4H3. The minimum Gasteiger partial charge on any atom is -0.497 e. The number of benzene rings is 2. The third kappa shape index (κ3) is 3.96. The van der Waals surface area contributed by atoms with Crippen molar-refractivity contribution in [2.75, 3.05) is 28.4 Å². The summed E-state index contributed by atoms with van der Waals surface area (Å²) in [6, 6.07) is 11.4. The second kappa shape index (κ2) is 8.10. The first-order valence-corrected chi connectivity index (χ1v) is 8.65. The molecule has 0 saturated heterocycles. The van der Waals surface area contributed by atoms with Crippen molar-refractivity contribution in [3.8, 4) is 23.0 Å². The average molecular weight is 338 g/mol. The van der Waals surface area contributed by atoms with Crippen LogP contribution in [0.1, 0.15) is 0 Å². The highest BCUT2D eigenvalue weighted by molar-refractivity contribution is 8.76. The van der Waals surface area contributed by atoms with Gasteiger partial charge in [0.05, 0.1) is 38.2 Å². The topological polar surface area (TPSA) is 36.9 Å². The summed E-state index contributed by atoms with van der Waals surface area (Å²) in [5, 5.41) is 0. The highest BCUT2D eigenvalue weighted by Crippen LogP contribution is 2.46. The second-order valence-corrected chi connectivity index (χ2v) is 6.41. The monoisotopic (exact) mass is 338 g/mol. The van der Waals surface area contributed by atoms with E-state index < -0.39 is 0 Å². The normalized spacial score (nSPS) is 10.2. The van der Waals surface area contributed by atoms with Gasteiger partial charge in [0, 0.05) is 0 Å². The largest absolute Gasteiger partial charge is 0.497 e. The minimum absolute atomic E-state index is 0.793. The van der Waals surface area contributed by atoms with Crippen LogP contribution < -0.4 is 18.9 Å². The molecule has 2 aromatic rings. The van der Waals surface area contributed by atoms with E-state index in [4.69, 9.17) is 18.9 Å². The van der Waals surface area contributed by atoms with Crippen molar-refractivity contribution < 1.29 is 18.9 Å². The average Bonchev–Trinajstić information content (AvgIpc) is 2.59. The molecule has 0 aliphatic carbocycles. The molecule has 118 valence electrons. The molecule has 0 atom stereocenters. The molecule has 2 aromatic carbocycles. The number of rotatable bonds is 7. The fourth-order valence-electron chi connectivity index (χ4n) is 1.79. The van der Waals surface area contributed by atoms with E-state index in [1.54, 1.807) is 50.0 Å². The fourth-order valence-corrected chi connectivity index (χ4v) is 4.08. The van der Waals surface area contributed by atoms with E-state index in [9.17, 15) is 0 Å². The molecule has 0 fully saturated rings. The number of hydrogen-bond acceptors (Lipinski definition) is 6. The summed E-state index contributed by atoms with van der Waals surface area (Å²) >= 11 is 0. The first-order chi connectivity index (χ1) is 10.7. The number of hydrogen-bond donors (Lipinski definition) is 0. The van der Waals surface area contributed by atoms with Crippen LogP contribution in [0.3, 0.4) is 0 Å². The minimum atomic E-state index is 0.793. The molecule has 0 radical (unpaired) electrons. The van der Waals surface area contributed by atoms with Gasteiger partial charge in [-0.25, -0.2) is 0 Å². The molecule has 0 N–H and O–H groups in total. The summed E-state index contributed by atoms with van der Waals surface area (Å²) in [6.07, 6.45) is 0. The van der Waals surface area contributed by atoms with Crippen LogP contribution in [0.4, 0.5) is 0 Å². The van der Waals surface area contributed by atoms with Gasteiger partial charge in [0.25, 0.3) is 0 Å². The lowest BCUT2D eigenvalue weighted by Crippen LogP contribution is -1.89. The van der Waals surface area contributed by atoms with E-state index in [-0.39, 0.29) is 0 Å². The summed E-state index contributed by atoms with van der Waals surface area (Å²) in [6.45, 7) is 0. The van der Waals surface area contributed by atoms with Crippen LogP contribution in [-0.4, -0.2) is 28.4 Å². The Hall–Kier alpha value is -1.66. The molecule has 22 heavy (non-hydrogen) atoms. The molecule has 0 spiro atoms. The van der Waals surface area contributed by atoms with Gasteiger partial charge in [0.15, 0.2) is 0 Å². The molecule has 4 nitrogen and oxygen atoms in total. The van der Waals surface area contributed by atoms with Crippen molar-refractivity contribution in [2.45, 2.75) is 9.79 Å². The van der Waals surface area contributed by atoms with Crippen molar-refractivity contribution in [1.82, 2.24) is 0 Å². The lowest BCUT2D eigenvalue weighted by molar-refractivity contribution is 0.394. The Morgan fingerprint density at radius 3 is 1.32 bits per heavy atom. The summed E-state index contributed by atoms with van der Waals surface area (Å²) in [5.41, 5.74) is 0. The van der Waals surface area contributed by atoms with Crippen LogP contribution >= 0.6 is 21.6 Å². The summed E-state index contributed by atoms with van der Waals surface area (Å²) in [5.74, 6) is 3.20. The second-order valence-electron chi connectivity index (χ2n) is 4.20. The molecule has 2 rings (SSSR count). The smallest absolute Gasteiger partial charge is 0.133 e. The Labute approximate surface area is 138 Å². The Morgan fingerprint density at radius 2 is 1.00 bits per heavy atom. The van der Waals surface area contributed by atoms with Crippen LogP contribution in [0.15, 0.2) is 46.2 Å². The Kier molecular flexibility index (Phi) is 6.15. The maximum atomic E-state index is 5.39. The van der Waals surface area contributed by atoms with E-state index in [0.29, 0.717) is 0 Å². The first-order valence-electron chi connectivity index (χ1n) is 6.50. The molecule has 0 aliphatic heterocycles. The van der Waals surface area contributed by atoms with E-state index >= 15 is 0 Å². The molecule has 0 aliphatic rings. The molecular formula is C16H18O4S2. The molecule has 0 saturated carbocycles. The van der Waals surface area contributed by atoms with Crippen LogP contribution in [0.2, 0.25) is 0 Å². The van der Waals surface area contributed by atoms with Gasteiger partial charge in [-0.1, -0.05) is 0 Å². The van der Waals surface area contributed by atoms with Crippen LogP contribution in [0.25, 0.3) is 0 Å². The summed E-state index contributed by atoms with van der Waals surface area (Å²) < 4.78 is 21.3. The number of methoxy groups -OCH3 is 4. The van der Waals surface area contributed by atoms with Gasteiger partial charge in [-0.15, -0.1) is 0 Å². The zero-order valence-corrected chi connectivity index (χ0v) is 14.5.